The first-order valence-electron chi connectivity index (χ1n) is 11.4. The molecule has 0 radical (unpaired) electrons. The molecule has 0 spiro atoms. The van der Waals surface area contributed by atoms with Crippen LogP contribution in [0, 0.1) is 23.2 Å². The van der Waals surface area contributed by atoms with E-state index in [0.29, 0.717) is 24.9 Å². The third-order valence-electron chi connectivity index (χ3n) is 8.19. The highest BCUT2D eigenvalue weighted by molar-refractivity contribution is 6.04. The monoisotopic (exact) mass is 418 g/mol. The molecule has 0 aliphatic heterocycles. The Balaban J connectivity index is 1.35. The molecule has 3 aliphatic rings. The van der Waals surface area contributed by atoms with Crippen molar-refractivity contribution in [1.29, 1.82) is 0 Å². The number of hydrogen-bond acceptors (Lipinski definition) is 4. The van der Waals surface area contributed by atoms with Crippen LogP contribution in [0.15, 0.2) is 48.5 Å². The molecule has 2 aromatic carbocycles. The Morgan fingerprint density at radius 3 is 2.71 bits per heavy atom. The van der Waals surface area contributed by atoms with Crippen molar-refractivity contribution in [3.63, 3.8) is 0 Å². The van der Waals surface area contributed by atoms with E-state index in [1.807, 2.05) is 18.2 Å². The van der Waals surface area contributed by atoms with Crippen molar-refractivity contribution in [2.75, 3.05) is 7.11 Å². The van der Waals surface area contributed by atoms with E-state index in [0.717, 1.165) is 37.0 Å². The van der Waals surface area contributed by atoms with Gasteiger partial charge in [0.1, 0.15) is 18.3 Å². The van der Waals surface area contributed by atoms with Crippen molar-refractivity contribution in [2.24, 2.45) is 23.2 Å². The zero-order valence-corrected chi connectivity index (χ0v) is 18.3. The van der Waals surface area contributed by atoms with Crippen LogP contribution in [-0.2, 0) is 27.4 Å². The number of hydrogen-bond donors (Lipinski definition) is 0. The minimum Gasteiger partial charge on any atom is -0.489 e. The molecule has 3 aliphatic carbocycles. The summed E-state index contributed by atoms with van der Waals surface area (Å²) in [7, 11) is 1.39. The van der Waals surface area contributed by atoms with Crippen molar-refractivity contribution in [1.82, 2.24) is 0 Å². The Labute approximate surface area is 183 Å². The lowest BCUT2D eigenvalue weighted by Gasteiger charge is -2.48. The average Bonchev–Trinajstić information content (AvgIpc) is 3.08. The SMILES string of the molecule is COC(=O)[C@@H]1C[C@H]2[C@@H]3CCc4cc(OCc5ccccc5)ccc4[C@H]3CC[C@]2(C)C1=O. The standard InChI is InChI=1S/C27H30O4/c1-27-13-12-21-20-11-9-19(31-16-17-6-4-3-5-7-17)14-18(20)8-10-22(21)24(27)15-23(25(27)28)26(29)30-2/h3-7,9,11,14,21-24H,8,10,12-13,15-16H2,1-2H3/t21-,22-,23-,24+,27+/m1/s1. The zero-order chi connectivity index (χ0) is 21.6. The first-order chi connectivity index (χ1) is 15.0. The molecule has 162 valence electrons. The maximum absolute atomic E-state index is 13.1. The predicted octanol–water partition coefficient (Wildman–Crippen LogP) is 5.09. The number of carbonyl (C=O) groups excluding carboxylic acids is 2. The summed E-state index contributed by atoms with van der Waals surface area (Å²) >= 11 is 0. The fourth-order valence-corrected chi connectivity index (χ4v) is 6.55. The first-order valence-corrected chi connectivity index (χ1v) is 11.4. The number of rotatable bonds is 4. The third kappa shape index (κ3) is 3.37. The van der Waals surface area contributed by atoms with Gasteiger partial charge in [0.2, 0.25) is 0 Å². The van der Waals surface area contributed by atoms with E-state index in [4.69, 9.17) is 9.47 Å². The molecule has 2 aromatic rings. The number of ether oxygens (including phenoxy) is 2. The number of ketones is 1. The van der Waals surface area contributed by atoms with Crippen LogP contribution in [0.3, 0.4) is 0 Å². The van der Waals surface area contributed by atoms with E-state index in [1.165, 1.54) is 18.2 Å². The predicted molar refractivity (Wildman–Crippen MR) is 118 cm³/mol. The van der Waals surface area contributed by atoms with Gasteiger partial charge in [-0.25, -0.2) is 0 Å². The van der Waals surface area contributed by atoms with Gasteiger partial charge in [0.15, 0.2) is 5.78 Å². The summed E-state index contributed by atoms with van der Waals surface area (Å²) in [5.74, 6) is 1.30. The fourth-order valence-electron chi connectivity index (χ4n) is 6.55. The van der Waals surface area contributed by atoms with Crippen molar-refractivity contribution in [3.8, 4) is 5.75 Å². The van der Waals surface area contributed by atoms with Gasteiger partial charge in [-0.05, 0) is 78.7 Å². The van der Waals surface area contributed by atoms with Gasteiger partial charge in [-0.2, -0.15) is 0 Å². The Morgan fingerprint density at radius 1 is 1.13 bits per heavy atom. The molecule has 5 rings (SSSR count). The Hall–Kier alpha value is -2.62. The van der Waals surface area contributed by atoms with E-state index in [-0.39, 0.29) is 23.1 Å². The van der Waals surface area contributed by atoms with Gasteiger partial charge in [-0.1, -0.05) is 43.3 Å². The molecule has 0 bridgehead atoms. The number of carbonyl (C=O) groups is 2. The van der Waals surface area contributed by atoms with Gasteiger partial charge >= 0.3 is 5.97 Å². The summed E-state index contributed by atoms with van der Waals surface area (Å²) in [5, 5.41) is 0. The van der Waals surface area contributed by atoms with Crippen LogP contribution in [0.4, 0.5) is 0 Å². The molecular weight excluding hydrogens is 388 g/mol. The van der Waals surface area contributed by atoms with Gasteiger partial charge in [0.05, 0.1) is 7.11 Å². The maximum Gasteiger partial charge on any atom is 0.316 e. The second-order valence-electron chi connectivity index (χ2n) is 9.68. The Bertz CT molecular complexity index is 998. The molecule has 0 N–H and O–H groups in total. The summed E-state index contributed by atoms with van der Waals surface area (Å²) < 4.78 is 11.0. The van der Waals surface area contributed by atoms with E-state index in [2.05, 4.69) is 37.3 Å². The van der Waals surface area contributed by atoms with Gasteiger partial charge in [-0.3, -0.25) is 9.59 Å². The average molecular weight is 419 g/mol. The van der Waals surface area contributed by atoms with Crippen LogP contribution in [0.2, 0.25) is 0 Å². The number of benzene rings is 2. The number of Topliss-reactive ketones (excluding diaryl/α,β-unsaturated/α-hetero) is 1. The Morgan fingerprint density at radius 2 is 1.94 bits per heavy atom. The Kier molecular flexibility index (Phi) is 5.11. The lowest BCUT2D eigenvalue weighted by atomic mass is 9.55. The third-order valence-corrected chi connectivity index (χ3v) is 8.19. The molecule has 4 heteroatoms. The van der Waals surface area contributed by atoms with Crippen molar-refractivity contribution < 1.29 is 19.1 Å². The van der Waals surface area contributed by atoms with Crippen LogP contribution in [-0.4, -0.2) is 18.9 Å². The van der Waals surface area contributed by atoms with Crippen LogP contribution in [0.1, 0.15) is 55.2 Å². The molecule has 0 heterocycles. The fraction of sp³-hybridized carbons (Fsp3) is 0.481. The lowest BCUT2D eigenvalue weighted by Crippen LogP contribution is -2.42. The minimum atomic E-state index is -0.575. The van der Waals surface area contributed by atoms with E-state index >= 15 is 0 Å². The summed E-state index contributed by atoms with van der Waals surface area (Å²) in [4.78, 5) is 25.3. The van der Waals surface area contributed by atoms with Gasteiger partial charge in [-0.15, -0.1) is 0 Å². The summed E-state index contributed by atoms with van der Waals surface area (Å²) in [6.07, 6.45) is 4.59. The normalized spacial score (nSPS) is 31.4. The molecule has 0 amide bonds. The van der Waals surface area contributed by atoms with Gasteiger partial charge in [0, 0.05) is 5.41 Å². The lowest BCUT2D eigenvalue weighted by molar-refractivity contribution is -0.149. The molecule has 0 aromatic heterocycles. The van der Waals surface area contributed by atoms with Gasteiger partial charge < -0.3 is 9.47 Å². The van der Waals surface area contributed by atoms with Crippen molar-refractivity contribution in [2.45, 2.75) is 51.6 Å². The van der Waals surface area contributed by atoms with Crippen molar-refractivity contribution in [3.05, 3.63) is 65.2 Å². The van der Waals surface area contributed by atoms with Crippen LogP contribution < -0.4 is 4.74 Å². The molecule has 0 saturated heterocycles. The number of methoxy groups -OCH3 is 1. The highest BCUT2D eigenvalue weighted by atomic mass is 16.5. The minimum absolute atomic E-state index is 0.109. The van der Waals surface area contributed by atoms with E-state index < -0.39 is 5.92 Å². The van der Waals surface area contributed by atoms with Crippen LogP contribution >= 0.6 is 0 Å². The van der Waals surface area contributed by atoms with Crippen LogP contribution in [0.25, 0.3) is 0 Å². The largest absolute Gasteiger partial charge is 0.489 e. The summed E-state index contributed by atoms with van der Waals surface area (Å²) in [6, 6.07) is 16.8. The van der Waals surface area contributed by atoms with E-state index in [9.17, 15) is 9.59 Å². The summed E-state index contributed by atoms with van der Waals surface area (Å²) in [5.41, 5.74) is 3.58. The maximum atomic E-state index is 13.1. The topological polar surface area (TPSA) is 52.6 Å². The molecule has 31 heavy (non-hydrogen) atoms. The molecular formula is C27H30O4. The van der Waals surface area contributed by atoms with Crippen LogP contribution in [0.5, 0.6) is 5.75 Å². The molecule has 0 unspecified atom stereocenters. The van der Waals surface area contributed by atoms with Crippen molar-refractivity contribution >= 4 is 11.8 Å². The number of esters is 1. The highest BCUT2D eigenvalue weighted by Crippen LogP contribution is 2.61. The second kappa shape index (κ2) is 7.81. The summed E-state index contributed by atoms with van der Waals surface area (Å²) in [6.45, 7) is 2.67. The highest BCUT2D eigenvalue weighted by Gasteiger charge is 2.59. The quantitative estimate of drug-likeness (QED) is 0.513. The molecule has 2 saturated carbocycles. The number of fused-ring (bicyclic) bond motifs is 5. The van der Waals surface area contributed by atoms with Gasteiger partial charge in [0.25, 0.3) is 0 Å². The molecule has 4 nitrogen and oxygen atoms in total. The first kappa shape index (κ1) is 20.3. The smallest absolute Gasteiger partial charge is 0.316 e. The van der Waals surface area contributed by atoms with E-state index in [1.54, 1.807) is 0 Å². The second-order valence-corrected chi connectivity index (χ2v) is 9.68. The number of aryl methyl sites for hydroxylation is 1. The molecule has 5 atom stereocenters. The zero-order valence-electron chi connectivity index (χ0n) is 18.3. The molecule has 2 fully saturated rings.